The molecule has 0 aliphatic carbocycles. The lowest BCUT2D eigenvalue weighted by molar-refractivity contribution is -0.140. The predicted octanol–water partition coefficient (Wildman–Crippen LogP) is 2.44. The highest BCUT2D eigenvalue weighted by Crippen LogP contribution is 2.33. The lowest BCUT2D eigenvalue weighted by Gasteiger charge is -2.30. The third-order valence-corrected chi connectivity index (χ3v) is 4.36. The van der Waals surface area contributed by atoms with Gasteiger partial charge in [-0.05, 0) is 52.8 Å². The zero-order valence-electron chi connectivity index (χ0n) is 13.6. The molecule has 24 heavy (non-hydrogen) atoms. The van der Waals surface area contributed by atoms with Crippen LogP contribution in [0.15, 0.2) is 33.9 Å². The summed E-state index contributed by atoms with van der Waals surface area (Å²) in [5, 5.41) is 6.54. The molecule has 0 saturated heterocycles. The van der Waals surface area contributed by atoms with Crippen molar-refractivity contribution in [1.82, 2.24) is 10.6 Å². The van der Waals surface area contributed by atoms with E-state index in [0.29, 0.717) is 28.7 Å². The van der Waals surface area contributed by atoms with Crippen molar-refractivity contribution < 1.29 is 19.0 Å². The molecule has 1 aliphatic heterocycles. The summed E-state index contributed by atoms with van der Waals surface area (Å²) >= 11 is 8.68. The van der Waals surface area contributed by atoms with Crippen LogP contribution in [-0.4, -0.2) is 38.5 Å². The number of benzene rings is 1. The van der Waals surface area contributed by atoms with Gasteiger partial charge in [0.2, 0.25) is 0 Å². The van der Waals surface area contributed by atoms with Crippen LogP contribution in [0.5, 0.6) is 5.75 Å². The fraction of sp³-hybridized carbons (Fsp3) is 0.375. The smallest absolute Gasteiger partial charge is 0.338 e. The number of esters is 1. The summed E-state index contributed by atoms with van der Waals surface area (Å²) in [5.74, 6) is 0.296. The first-order valence-electron chi connectivity index (χ1n) is 7.25. The fourth-order valence-electron chi connectivity index (χ4n) is 2.37. The molecule has 0 aromatic heterocycles. The number of hydrogen-bond acceptors (Lipinski definition) is 5. The van der Waals surface area contributed by atoms with Crippen molar-refractivity contribution in [3.05, 3.63) is 39.5 Å². The molecule has 0 unspecified atom stereocenters. The molecule has 6 nitrogen and oxygen atoms in total. The monoisotopic (exact) mass is 414 g/mol. The molecule has 1 aromatic rings. The maximum absolute atomic E-state index is 12.5. The van der Waals surface area contributed by atoms with Crippen LogP contribution in [0.4, 0.5) is 0 Å². The van der Waals surface area contributed by atoms with Crippen molar-refractivity contribution in [2.24, 2.45) is 0 Å². The average Bonchev–Trinajstić information content (AvgIpc) is 2.54. The number of hydrogen-bond donors (Lipinski definition) is 2. The predicted molar refractivity (Wildman–Crippen MR) is 97.8 cm³/mol. The van der Waals surface area contributed by atoms with Crippen LogP contribution in [0.25, 0.3) is 0 Å². The third kappa shape index (κ3) is 4.25. The van der Waals surface area contributed by atoms with E-state index in [1.54, 1.807) is 21.1 Å². The van der Waals surface area contributed by atoms with Gasteiger partial charge in [0.05, 0.1) is 29.8 Å². The minimum Gasteiger partial charge on any atom is -0.496 e. The number of carbonyl (C=O) groups excluding carboxylic acids is 1. The topological polar surface area (TPSA) is 68.8 Å². The number of nitrogens with one attached hydrogen (secondary N) is 2. The van der Waals surface area contributed by atoms with Crippen LogP contribution in [0.1, 0.15) is 18.5 Å². The van der Waals surface area contributed by atoms with Gasteiger partial charge < -0.3 is 24.8 Å². The van der Waals surface area contributed by atoms with E-state index < -0.39 is 12.0 Å². The van der Waals surface area contributed by atoms with Gasteiger partial charge in [-0.1, -0.05) is 6.07 Å². The van der Waals surface area contributed by atoms with Gasteiger partial charge in [0.15, 0.2) is 5.11 Å². The zero-order valence-corrected chi connectivity index (χ0v) is 16.0. The maximum Gasteiger partial charge on any atom is 0.338 e. The molecule has 0 saturated carbocycles. The van der Waals surface area contributed by atoms with Crippen molar-refractivity contribution in [2.45, 2.75) is 13.0 Å². The molecule has 2 N–H and O–H groups in total. The van der Waals surface area contributed by atoms with E-state index >= 15 is 0 Å². The first kappa shape index (κ1) is 18.7. The summed E-state index contributed by atoms with van der Waals surface area (Å²) in [4.78, 5) is 12.5. The number of allylic oxidation sites excluding steroid dienone is 1. The molecule has 0 spiro atoms. The van der Waals surface area contributed by atoms with Crippen molar-refractivity contribution in [3.63, 3.8) is 0 Å². The summed E-state index contributed by atoms with van der Waals surface area (Å²) in [6.45, 7) is 2.33. The minimum absolute atomic E-state index is 0.190. The Hall–Kier alpha value is -1.64. The molecule has 1 heterocycles. The highest BCUT2D eigenvalue weighted by molar-refractivity contribution is 9.10. The summed E-state index contributed by atoms with van der Waals surface area (Å²) in [5.41, 5.74) is 2.01. The van der Waals surface area contributed by atoms with E-state index in [0.717, 1.165) is 10.0 Å². The second kappa shape index (κ2) is 8.46. The van der Waals surface area contributed by atoms with Crippen molar-refractivity contribution in [2.75, 3.05) is 27.4 Å². The van der Waals surface area contributed by atoms with Gasteiger partial charge in [-0.2, -0.15) is 0 Å². The second-order valence-corrected chi connectivity index (χ2v) is 6.36. The normalized spacial score (nSPS) is 17.2. The van der Waals surface area contributed by atoms with Gasteiger partial charge in [-0.25, -0.2) is 4.79 Å². The molecule has 0 fully saturated rings. The highest BCUT2D eigenvalue weighted by Gasteiger charge is 2.31. The summed E-state index contributed by atoms with van der Waals surface area (Å²) in [6.07, 6.45) is 0. The largest absolute Gasteiger partial charge is 0.496 e. The lowest BCUT2D eigenvalue weighted by atomic mass is 9.95. The molecule has 2 rings (SSSR count). The number of ether oxygens (including phenoxy) is 3. The van der Waals surface area contributed by atoms with Gasteiger partial charge in [0, 0.05) is 12.8 Å². The molecule has 0 radical (unpaired) electrons. The zero-order chi connectivity index (χ0) is 17.7. The molecule has 0 bridgehead atoms. The Labute approximate surface area is 154 Å². The maximum atomic E-state index is 12.5. The Balaban J connectivity index is 2.34. The van der Waals surface area contributed by atoms with Gasteiger partial charge in [0.25, 0.3) is 0 Å². The van der Waals surface area contributed by atoms with E-state index in [4.69, 9.17) is 26.4 Å². The molecular formula is C16H19BrN2O4S. The lowest BCUT2D eigenvalue weighted by Crippen LogP contribution is -2.45. The van der Waals surface area contributed by atoms with E-state index in [1.165, 1.54) is 0 Å². The number of thiocarbonyl (C=S) groups is 1. The Morgan fingerprint density at radius 2 is 2.08 bits per heavy atom. The molecule has 1 aliphatic rings. The first-order valence-corrected chi connectivity index (χ1v) is 8.45. The molecule has 130 valence electrons. The fourth-order valence-corrected chi connectivity index (χ4v) is 3.20. The van der Waals surface area contributed by atoms with Gasteiger partial charge in [-0.3, -0.25) is 0 Å². The van der Waals surface area contributed by atoms with E-state index in [-0.39, 0.29) is 6.61 Å². The van der Waals surface area contributed by atoms with Crippen molar-refractivity contribution >= 4 is 39.2 Å². The van der Waals surface area contributed by atoms with E-state index in [9.17, 15) is 4.79 Å². The van der Waals surface area contributed by atoms with Crippen LogP contribution < -0.4 is 15.4 Å². The SMILES string of the molecule is COCCOC(=O)C1=C(C)NC(=S)N[C@H]1c1ccc(OC)c(Br)c1. The molecule has 8 heteroatoms. The van der Waals surface area contributed by atoms with E-state index in [1.807, 2.05) is 18.2 Å². The van der Waals surface area contributed by atoms with Crippen LogP contribution in [0, 0.1) is 0 Å². The molecule has 0 amide bonds. The van der Waals surface area contributed by atoms with E-state index in [2.05, 4.69) is 26.6 Å². The summed E-state index contributed by atoms with van der Waals surface area (Å²) in [7, 11) is 3.15. The quantitative estimate of drug-likeness (QED) is 0.420. The van der Waals surface area contributed by atoms with Crippen LogP contribution >= 0.6 is 28.1 Å². The van der Waals surface area contributed by atoms with Gasteiger partial charge >= 0.3 is 5.97 Å². The Kier molecular flexibility index (Phi) is 6.59. The summed E-state index contributed by atoms with van der Waals surface area (Å²) < 4.78 is 16.2. The van der Waals surface area contributed by atoms with Crippen LogP contribution in [-0.2, 0) is 14.3 Å². The molecular weight excluding hydrogens is 396 g/mol. The van der Waals surface area contributed by atoms with Crippen LogP contribution in [0.2, 0.25) is 0 Å². The van der Waals surface area contributed by atoms with Crippen LogP contribution in [0.3, 0.4) is 0 Å². The minimum atomic E-state index is -0.413. The molecule has 1 atom stereocenters. The number of carbonyl (C=O) groups is 1. The van der Waals surface area contributed by atoms with Crippen molar-refractivity contribution in [1.29, 1.82) is 0 Å². The number of methoxy groups -OCH3 is 2. The third-order valence-electron chi connectivity index (χ3n) is 3.52. The number of halogens is 1. The highest BCUT2D eigenvalue weighted by atomic mass is 79.9. The Morgan fingerprint density at radius 3 is 2.71 bits per heavy atom. The Bertz CT molecular complexity index is 678. The molecule has 1 aromatic carbocycles. The number of rotatable bonds is 6. The standard InChI is InChI=1S/C16H19BrN2O4S/c1-9-13(15(20)23-7-6-21-2)14(19-16(24)18-9)10-4-5-12(22-3)11(17)8-10/h4-5,8,14H,6-7H2,1-3H3,(H2,18,19,24)/t14-/m0/s1. The van der Waals surface area contributed by atoms with Gasteiger partial charge in [0.1, 0.15) is 12.4 Å². The summed E-state index contributed by atoms with van der Waals surface area (Å²) in [6, 6.07) is 5.19. The Morgan fingerprint density at radius 1 is 1.33 bits per heavy atom. The average molecular weight is 415 g/mol. The van der Waals surface area contributed by atoms with Crippen molar-refractivity contribution in [3.8, 4) is 5.75 Å². The second-order valence-electron chi connectivity index (χ2n) is 5.09. The van der Waals surface area contributed by atoms with Gasteiger partial charge in [-0.15, -0.1) is 0 Å². The first-order chi connectivity index (χ1) is 11.5.